The molecule has 0 aromatic carbocycles. The minimum atomic E-state index is -1.29. The van der Waals surface area contributed by atoms with Crippen LogP contribution in [0.15, 0.2) is 0 Å². The summed E-state index contributed by atoms with van der Waals surface area (Å²) in [5.74, 6) is -1.29. The number of nitrogens with zero attached hydrogens (tertiary/aromatic N) is 1. The molecule has 8 heavy (non-hydrogen) atoms. The van der Waals surface area contributed by atoms with E-state index in [1.807, 2.05) is 0 Å². The van der Waals surface area contributed by atoms with E-state index >= 15 is 0 Å². The van der Waals surface area contributed by atoms with Crippen molar-refractivity contribution < 1.29 is 9.90 Å². The number of carboxylic acids is 1. The largest absolute Gasteiger partial charge is 0.476 e. The number of hydrogen-bond donors (Lipinski definition) is 2. The fourth-order valence-electron chi connectivity index (χ4n) is 0.104. The fraction of sp³-hybridized carbons (Fsp3) is 0. The van der Waals surface area contributed by atoms with Gasteiger partial charge in [-0.05, 0) is 0 Å². The lowest BCUT2D eigenvalue weighted by atomic mass is 10.7. The first-order valence-corrected chi connectivity index (χ1v) is 2.01. The van der Waals surface area contributed by atoms with Gasteiger partial charge in [-0.3, -0.25) is 5.32 Å². The Hall–Kier alpha value is -1.15. The van der Waals surface area contributed by atoms with Crippen molar-refractivity contribution in [1.29, 1.82) is 5.26 Å². The van der Waals surface area contributed by atoms with Crippen molar-refractivity contribution >= 4 is 23.2 Å². The molecule has 0 fully saturated rings. The minimum Gasteiger partial charge on any atom is -0.476 e. The van der Waals surface area contributed by atoms with E-state index in [0.717, 1.165) is 0 Å². The van der Waals surface area contributed by atoms with Gasteiger partial charge in [0.2, 0.25) is 0 Å². The Morgan fingerprint density at radius 1 is 1.88 bits per heavy atom. The third-order valence-corrected chi connectivity index (χ3v) is 0.640. The molecule has 0 saturated carbocycles. The first-order valence-electron chi connectivity index (χ1n) is 1.61. The maximum Gasteiger partial charge on any atom is 0.364 e. The summed E-state index contributed by atoms with van der Waals surface area (Å²) in [6.07, 6.45) is 1.38. The Morgan fingerprint density at radius 3 is 2.50 bits per heavy atom. The molecule has 0 aromatic rings. The molecule has 0 bridgehead atoms. The summed E-state index contributed by atoms with van der Waals surface area (Å²) in [4.78, 5) is 9.26. The van der Waals surface area contributed by atoms with E-state index in [-0.39, 0.29) is 0 Å². The number of rotatable bonds is 0. The number of nitriles is 1. The Kier molecular flexibility index (Phi) is 2.51. The quantitative estimate of drug-likeness (QED) is 0.262. The van der Waals surface area contributed by atoms with Crippen LogP contribution in [0.5, 0.6) is 0 Å². The van der Waals surface area contributed by atoms with Gasteiger partial charge in [0, 0.05) is 0 Å². The van der Waals surface area contributed by atoms with E-state index < -0.39 is 11.0 Å². The van der Waals surface area contributed by atoms with Gasteiger partial charge < -0.3 is 5.11 Å². The number of thiocarbonyl (C=S) groups is 1. The second kappa shape index (κ2) is 2.93. The molecule has 0 aliphatic rings. The highest BCUT2D eigenvalue weighted by atomic mass is 32.1. The summed E-state index contributed by atoms with van der Waals surface area (Å²) in [5.41, 5.74) is 0. The molecule has 0 spiro atoms. The van der Waals surface area contributed by atoms with Crippen molar-refractivity contribution in [2.45, 2.75) is 0 Å². The molecule has 0 unspecified atom stereocenters. The summed E-state index contributed by atoms with van der Waals surface area (Å²) in [7, 11) is 0. The normalized spacial score (nSPS) is 6.88. The average molecular weight is 130 g/mol. The van der Waals surface area contributed by atoms with E-state index in [0.29, 0.717) is 0 Å². The monoisotopic (exact) mass is 130 g/mol. The maximum absolute atomic E-state index is 9.73. The highest BCUT2D eigenvalue weighted by Gasteiger charge is 2.01. The predicted octanol–water partition coefficient (Wildman–Crippen LogP) is -0.531. The molecular weight excluding hydrogens is 128 g/mol. The molecule has 0 aliphatic carbocycles. The molecule has 0 aliphatic heterocycles. The molecular formula is C3H2N2O2S. The first-order chi connectivity index (χ1) is 3.68. The number of aliphatic carboxylic acids is 1. The Bertz CT molecular complexity index is 159. The van der Waals surface area contributed by atoms with Crippen LogP contribution in [-0.2, 0) is 4.79 Å². The lowest BCUT2D eigenvalue weighted by molar-refractivity contribution is -0.129. The zero-order chi connectivity index (χ0) is 6.57. The maximum atomic E-state index is 9.73. The summed E-state index contributed by atoms with van der Waals surface area (Å²) >= 11 is 4.14. The molecule has 0 radical (unpaired) electrons. The van der Waals surface area contributed by atoms with Gasteiger partial charge in [0.25, 0.3) is 0 Å². The number of hydrogen-bond acceptors (Lipinski definition) is 3. The van der Waals surface area contributed by atoms with E-state index in [2.05, 4.69) is 12.2 Å². The number of carboxylic acid groups (broad SMARTS) is 1. The zero-order valence-corrected chi connectivity index (χ0v) is 4.53. The van der Waals surface area contributed by atoms with Crippen LogP contribution in [0.3, 0.4) is 0 Å². The van der Waals surface area contributed by atoms with Gasteiger partial charge in [-0.2, -0.15) is 5.26 Å². The van der Waals surface area contributed by atoms with Crippen molar-refractivity contribution in [2.75, 3.05) is 0 Å². The van der Waals surface area contributed by atoms with Crippen molar-refractivity contribution in [3.05, 3.63) is 0 Å². The zero-order valence-electron chi connectivity index (χ0n) is 3.71. The van der Waals surface area contributed by atoms with E-state index in [9.17, 15) is 4.79 Å². The SMILES string of the molecule is N#CNC(=S)C(=O)O. The third-order valence-electron chi connectivity index (χ3n) is 0.364. The van der Waals surface area contributed by atoms with Gasteiger partial charge in [-0.15, -0.1) is 0 Å². The minimum absolute atomic E-state index is 0.479. The summed E-state index contributed by atoms with van der Waals surface area (Å²) in [6, 6.07) is 0. The van der Waals surface area contributed by atoms with Crippen LogP contribution < -0.4 is 5.32 Å². The molecule has 0 atom stereocenters. The fourth-order valence-corrected chi connectivity index (χ4v) is 0.150. The number of nitrogens with one attached hydrogen (secondary N) is 1. The van der Waals surface area contributed by atoms with Crippen LogP contribution in [-0.4, -0.2) is 16.1 Å². The van der Waals surface area contributed by atoms with Gasteiger partial charge in [0.05, 0.1) is 0 Å². The van der Waals surface area contributed by atoms with Crippen LogP contribution in [0.1, 0.15) is 0 Å². The molecule has 42 valence electrons. The standard InChI is InChI=1S/C3H2N2O2S/c4-1-5-2(8)3(6)7/h(H,5,8)(H,6,7). The summed E-state index contributed by atoms with van der Waals surface area (Å²) < 4.78 is 0. The van der Waals surface area contributed by atoms with Crippen LogP contribution in [0.25, 0.3) is 0 Å². The predicted molar refractivity (Wildman–Crippen MR) is 29.0 cm³/mol. The van der Waals surface area contributed by atoms with Crippen molar-refractivity contribution in [1.82, 2.24) is 5.32 Å². The molecule has 0 amide bonds. The van der Waals surface area contributed by atoms with Crippen molar-refractivity contribution in [3.8, 4) is 6.19 Å². The molecule has 4 nitrogen and oxygen atoms in total. The van der Waals surface area contributed by atoms with E-state index in [1.165, 1.54) is 6.19 Å². The van der Waals surface area contributed by atoms with Gasteiger partial charge in [0.15, 0.2) is 11.2 Å². The Labute approximate surface area is 50.7 Å². The highest BCUT2D eigenvalue weighted by molar-refractivity contribution is 7.81. The second-order valence-corrected chi connectivity index (χ2v) is 1.28. The molecule has 0 heterocycles. The van der Waals surface area contributed by atoms with E-state index in [1.54, 1.807) is 5.32 Å². The molecule has 2 N–H and O–H groups in total. The van der Waals surface area contributed by atoms with Crippen molar-refractivity contribution in [3.63, 3.8) is 0 Å². The van der Waals surface area contributed by atoms with E-state index in [4.69, 9.17) is 10.4 Å². The Balaban J connectivity index is 3.71. The van der Waals surface area contributed by atoms with Gasteiger partial charge in [0.1, 0.15) is 0 Å². The van der Waals surface area contributed by atoms with Crippen molar-refractivity contribution in [2.24, 2.45) is 0 Å². The van der Waals surface area contributed by atoms with Crippen LogP contribution in [0, 0.1) is 11.5 Å². The highest BCUT2D eigenvalue weighted by Crippen LogP contribution is 1.67. The topological polar surface area (TPSA) is 73.1 Å². The third kappa shape index (κ3) is 2.10. The molecule has 0 aromatic heterocycles. The molecule has 0 saturated heterocycles. The molecule has 5 heteroatoms. The summed E-state index contributed by atoms with van der Waals surface area (Å²) in [5, 5.41) is 17.5. The van der Waals surface area contributed by atoms with Crippen LogP contribution in [0.4, 0.5) is 0 Å². The van der Waals surface area contributed by atoms with Crippen LogP contribution >= 0.6 is 12.2 Å². The average Bonchev–Trinajstić information content (AvgIpc) is 1.67. The van der Waals surface area contributed by atoms with Gasteiger partial charge >= 0.3 is 5.97 Å². The lowest BCUT2D eigenvalue weighted by Gasteiger charge is -1.86. The van der Waals surface area contributed by atoms with Crippen LogP contribution in [0.2, 0.25) is 0 Å². The smallest absolute Gasteiger partial charge is 0.364 e. The number of carbonyl (C=O) groups is 1. The molecule has 0 rings (SSSR count). The first kappa shape index (κ1) is 6.85. The lowest BCUT2D eigenvalue weighted by Crippen LogP contribution is -2.24. The summed E-state index contributed by atoms with van der Waals surface area (Å²) in [6.45, 7) is 0. The van der Waals surface area contributed by atoms with Gasteiger partial charge in [-0.25, -0.2) is 4.79 Å². The van der Waals surface area contributed by atoms with Gasteiger partial charge in [-0.1, -0.05) is 12.2 Å². The Morgan fingerprint density at radius 2 is 2.38 bits per heavy atom. The second-order valence-electron chi connectivity index (χ2n) is 0.871.